The lowest BCUT2D eigenvalue weighted by molar-refractivity contribution is 0.869. The molecule has 0 atom stereocenters. The van der Waals surface area contributed by atoms with Crippen molar-refractivity contribution in [2.75, 3.05) is 0 Å². The van der Waals surface area contributed by atoms with Crippen LogP contribution in [0.4, 0.5) is 0 Å². The largest absolute Gasteiger partial charge is 0.0622 e. The minimum atomic E-state index is 0.515. The fraction of sp³-hybridized carbons (Fsp3) is 0.182. The van der Waals surface area contributed by atoms with Crippen LogP contribution in [0.25, 0.3) is 22.3 Å². The Labute approximate surface area is 133 Å². The molecule has 0 radical (unpaired) electrons. The molecule has 0 aliphatic carbocycles. The second kappa shape index (κ2) is 6.19. The summed E-state index contributed by atoms with van der Waals surface area (Å²) in [5.41, 5.74) is 7.90. The van der Waals surface area contributed by atoms with Gasteiger partial charge in [-0.05, 0) is 46.7 Å². The van der Waals surface area contributed by atoms with Crippen LogP contribution < -0.4 is 0 Å². The molecular formula is C22H22. The van der Waals surface area contributed by atoms with Crippen LogP contribution in [0.1, 0.15) is 30.9 Å². The Bertz CT molecular complexity index is 750. The SMILES string of the molecule is Cc1ccc(-c2cc(-c3ccccc3)ccc2C(C)C)cc1. The van der Waals surface area contributed by atoms with Crippen molar-refractivity contribution in [2.24, 2.45) is 0 Å². The summed E-state index contributed by atoms with van der Waals surface area (Å²) in [5, 5.41) is 0. The molecule has 0 heteroatoms. The highest BCUT2D eigenvalue weighted by atomic mass is 14.1. The van der Waals surface area contributed by atoms with E-state index in [1.54, 1.807) is 0 Å². The molecule has 0 amide bonds. The average molecular weight is 286 g/mol. The summed E-state index contributed by atoms with van der Waals surface area (Å²) in [6.45, 7) is 6.65. The average Bonchev–Trinajstić information content (AvgIpc) is 2.56. The third-order valence-electron chi connectivity index (χ3n) is 4.14. The first-order valence-corrected chi connectivity index (χ1v) is 7.91. The molecule has 3 rings (SSSR count). The zero-order valence-electron chi connectivity index (χ0n) is 13.5. The first-order chi connectivity index (χ1) is 10.6. The van der Waals surface area contributed by atoms with Crippen molar-refractivity contribution in [3.63, 3.8) is 0 Å². The highest BCUT2D eigenvalue weighted by molar-refractivity contribution is 5.76. The molecule has 3 aromatic rings. The summed E-state index contributed by atoms with van der Waals surface area (Å²) in [6, 6.07) is 26.3. The lowest BCUT2D eigenvalue weighted by Gasteiger charge is -2.15. The van der Waals surface area contributed by atoms with Gasteiger partial charge in [-0.2, -0.15) is 0 Å². The van der Waals surface area contributed by atoms with E-state index >= 15 is 0 Å². The zero-order chi connectivity index (χ0) is 15.5. The molecule has 0 fully saturated rings. The summed E-state index contributed by atoms with van der Waals surface area (Å²) in [4.78, 5) is 0. The van der Waals surface area contributed by atoms with Crippen LogP contribution in [-0.2, 0) is 0 Å². The molecule has 110 valence electrons. The molecule has 0 heterocycles. The normalized spacial score (nSPS) is 10.9. The van der Waals surface area contributed by atoms with Crippen LogP contribution in [-0.4, -0.2) is 0 Å². The molecular weight excluding hydrogens is 264 g/mol. The van der Waals surface area contributed by atoms with Gasteiger partial charge in [0, 0.05) is 0 Å². The van der Waals surface area contributed by atoms with Gasteiger partial charge in [-0.15, -0.1) is 0 Å². The molecule has 22 heavy (non-hydrogen) atoms. The van der Waals surface area contributed by atoms with E-state index in [2.05, 4.69) is 93.6 Å². The quantitative estimate of drug-likeness (QED) is 0.519. The van der Waals surface area contributed by atoms with Gasteiger partial charge in [0.2, 0.25) is 0 Å². The van der Waals surface area contributed by atoms with E-state index in [-0.39, 0.29) is 0 Å². The van der Waals surface area contributed by atoms with E-state index in [9.17, 15) is 0 Å². The number of aryl methyl sites for hydroxylation is 1. The predicted octanol–water partition coefficient (Wildman–Crippen LogP) is 6.45. The van der Waals surface area contributed by atoms with Crippen LogP contribution in [0.15, 0.2) is 72.8 Å². The van der Waals surface area contributed by atoms with Crippen molar-refractivity contribution >= 4 is 0 Å². The van der Waals surface area contributed by atoms with Gasteiger partial charge in [-0.1, -0.05) is 86.1 Å². The van der Waals surface area contributed by atoms with E-state index in [1.807, 2.05) is 0 Å². The lowest BCUT2D eigenvalue weighted by Crippen LogP contribution is -1.93. The van der Waals surface area contributed by atoms with Gasteiger partial charge < -0.3 is 0 Å². The molecule has 0 aliphatic rings. The molecule has 0 nitrogen and oxygen atoms in total. The highest BCUT2D eigenvalue weighted by Crippen LogP contribution is 2.33. The monoisotopic (exact) mass is 286 g/mol. The number of hydrogen-bond acceptors (Lipinski definition) is 0. The van der Waals surface area contributed by atoms with Crippen molar-refractivity contribution in [1.29, 1.82) is 0 Å². The first kappa shape index (κ1) is 14.6. The van der Waals surface area contributed by atoms with Crippen LogP contribution in [0.2, 0.25) is 0 Å². The third-order valence-corrected chi connectivity index (χ3v) is 4.14. The fourth-order valence-corrected chi connectivity index (χ4v) is 2.85. The smallest absolute Gasteiger partial charge is 0.0143 e. The van der Waals surface area contributed by atoms with Gasteiger partial charge in [0.05, 0.1) is 0 Å². The van der Waals surface area contributed by atoms with Crippen molar-refractivity contribution < 1.29 is 0 Å². The van der Waals surface area contributed by atoms with E-state index in [4.69, 9.17) is 0 Å². The van der Waals surface area contributed by atoms with Crippen LogP contribution in [0, 0.1) is 6.92 Å². The Morgan fingerprint density at radius 1 is 0.636 bits per heavy atom. The number of hydrogen-bond donors (Lipinski definition) is 0. The summed E-state index contributed by atoms with van der Waals surface area (Å²) < 4.78 is 0. The van der Waals surface area contributed by atoms with Crippen LogP contribution in [0.5, 0.6) is 0 Å². The van der Waals surface area contributed by atoms with E-state index in [1.165, 1.54) is 33.4 Å². The summed E-state index contributed by atoms with van der Waals surface area (Å²) in [7, 11) is 0. The van der Waals surface area contributed by atoms with Gasteiger partial charge >= 0.3 is 0 Å². The van der Waals surface area contributed by atoms with E-state index in [0.29, 0.717) is 5.92 Å². The molecule has 0 saturated heterocycles. The molecule has 3 aromatic carbocycles. The molecule has 0 aliphatic heterocycles. The van der Waals surface area contributed by atoms with Gasteiger partial charge in [0.25, 0.3) is 0 Å². The highest BCUT2D eigenvalue weighted by Gasteiger charge is 2.10. The van der Waals surface area contributed by atoms with Crippen LogP contribution >= 0.6 is 0 Å². The first-order valence-electron chi connectivity index (χ1n) is 7.91. The maximum Gasteiger partial charge on any atom is -0.0143 e. The molecule has 0 unspecified atom stereocenters. The molecule has 0 aromatic heterocycles. The lowest BCUT2D eigenvalue weighted by atomic mass is 9.89. The second-order valence-electron chi connectivity index (χ2n) is 6.19. The summed E-state index contributed by atoms with van der Waals surface area (Å²) in [5.74, 6) is 0.515. The standard InChI is InChI=1S/C22H22/c1-16(2)21-14-13-20(18-7-5-4-6-8-18)15-22(21)19-11-9-17(3)10-12-19/h4-16H,1-3H3. The topological polar surface area (TPSA) is 0 Å². The predicted molar refractivity (Wildman–Crippen MR) is 96.1 cm³/mol. The minimum Gasteiger partial charge on any atom is -0.0622 e. The van der Waals surface area contributed by atoms with E-state index < -0.39 is 0 Å². The van der Waals surface area contributed by atoms with E-state index in [0.717, 1.165) is 0 Å². The van der Waals surface area contributed by atoms with Crippen molar-refractivity contribution in [3.05, 3.63) is 83.9 Å². The third kappa shape index (κ3) is 2.96. The van der Waals surface area contributed by atoms with Crippen molar-refractivity contribution in [3.8, 4) is 22.3 Å². The Kier molecular flexibility index (Phi) is 4.11. The van der Waals surface area contributed by atoms with Crippen molar-refractivity contribution in [2.45, 2.75) is 26.7 Å². The molecule has 0 bridgehead atoms. The Hall–Kier alpha value is -2.34. The van der Waals surface area contributed by atoms with Gasteiger partial charge in [0.15, 0.2) is 0 Å². The Morgan fingerprint density at radius 3 is 1.91 bits per heavy atom. The maximum atomic E-state index is 2.33. The summed E-state index contributed by atoms with van der Waals surface area (Å²) >= 11 is 0. The molecule has 0 saturated carbocycles. The molecule has 0 N–H and O–H groups in total. The minimum absolute atomic E-state index is 0.515. The second-order valence-corrected chi connectivity index (χ2v) is 6.19. The van der Waals surface area contributed by atoms with Gasteiger partial charge in [-0.25, -0.2) is 0 Å². The Morgan fingerprint density at radius 2 is 1.27 bits per heavy atom. The number of rotatable bonds is 3. The maximum absolute atomic E-state index is 2.33. The van der Waals surface area contributed by atoms with Gasteiger partial charge in [0.1, 0.15) is 0 Å². The number of benzene rings is 3. The Balaban J connectivity index is 2.15. The molecule has 0 spiro atoms. The van der Waals surface area contributed by atoms with Gasteiger partial charge in [-0.3, -0.25) is 0 Å². The van der Waals surface area contributed by atoms with Crippen LogP contribution in [0.3, 0.4) is 0 Å². The fourth-order valence-electron chi connectivity index (χ4n) is 2.85. The summed E-state index contributed by atoms with van der Waals surface area (Å²) in [6.07, 6.45) is 0. The van der Waals surface area contributed by atoms with Crippen molar-refractivity contribution in [1.82, 2.24) is 0 Å². The zero-order valence-corrected chi connectivity index (χ0v) is 13.5.